The molecule has 0 N–H and O–H groups in total. The van der Waals surface area contributed by atoms with Gasteiger partial charge in [0.05, 0.1) is 24.3 Å². The van der Waals surface area contributed by atoms with Crippen LogP contribution in [0, 0.1) is 18.3 Å². The number of benzene rings is 2. The quantitative estimate of drug-likeness (QED) is 0.786. The third-order valence-corrected chi connectivity index (χ3v) is 3.02. The Morgan fingerprint density at radius 1 is 1.21 bits per heavy atom. The van der Waals surface area contributed by atoms with Crippen molar-refractivity contribution in [3.63, 3.8) is 0 Å². The Hall–Kier alpha value is -2.60. The van der Waals surface area contributed by atoms with Gasteiger partial charge in [0, 0.05) is 0 Å². The van der Waals surface area contributed by atoms with Crippen molar-refractivity contribution in [3.05, 3.63) is 53.1 Å². The standard InChI is InChI=1S/C16H13NO2/c1-11-7-12(9-17)3-5-15(11)13-4-6-16(19-2)14(8-13)10-18/h3-8,10H,1-2H3. The number of nitriles is 1. The number of carbonyl (C=O) groups is 1. The fourth-order valence-electron chi connectivity index (χ4n) is 2.05. The molecule has 0 heterocycles. The zero-order valence-corrected chi connectivity index (χ0v) is 10.8. The van der Waals surface area contributed by atoms with Gasteiger partial charge in [0.1, 0.15) is 5.75 Å². The van der Waals surface area contributed by atoms with Crippen LogP contribution in [0.25, 0.3) is 11.1 Å². The minimum atomic E-state index is 0.517. The van der Waals surface area contributed by atoms with Crippen molar-refractivity contribution >= 4 is 6.29 Å². The maximum absolute atomic E-state index is 11.0. The highest BCUT2D eigenvalue weighted by Gasteiger charge is 2.07. The van der Waals surface area contributed by atoms with E-state index in [-0.39, 0.29) is 0 Å². The number of ether oxygens (including phenoxy) is 1. The van der Waals surface area contributed by atoms with E-state index in [4.69, 9.17) is 10.00 Å². The van der Waals surface area contributed by atoms with E-state index in [0.29, 0.717) is 16.9 Å². The molecule has 0 radical (unpaired) electrons. The molecule has 2 aromatic rings. The van der Waals surface area contributed by atoms with Gasteiger partial charge in [-0.1, -0.05) is 12.1 Å². The van der Waals surface area contributed by atoms with Crippen molar-refractivity contribution in [2.24, 2.45) is 0 Å². The molecule has 0 aliphatic heterocycles. The second-order valence-electron chi connectivity index (χ2n) is 4.22. The minimum Gasteiger partial charge on any atom is -0.496 e. The first-order chi connectivity index (χ1) is 9.19. The molecule has 0 saturated carbocycles. The number of methoxy groups -OCH3 is 1. The number of rotatable bonds is 3. The number of hydrogen-bond donors (Lipinski definition) is 0. The van der Waals surface area contributed by atoms with Crippen molar-refractivity contribution in [1.29, 1.82) is 5.26 Å². The second-order valence-corrected chi connectivity index (χ2v) is 4.22. The first kappa shape index (κ1) is 12.8. The number of nitrogens with zero attached hydrogens (tertiary/aromatic N) is 1. The number of aryl methyl sites for hydroxylation is 1. The van der Waals surface area contributed by atoms with Crippen LogP contribution in [-0.2, 0) is 0 Å². The van der Waals surface area contributed by atoms with Gasteiger partial charge in [0.25, 0.3) is 0 Å². The van der Waals surface area contributed by atoms with Crippen molar-refractivity contribution in [1.82, 2.24) is 0 Å². The molecule has 0 spiro atoms. The highest BCUT2D eigenvalue weighted by atomic mass is 16.5. The van der Waals surface area contributed by atoms with E-state index in [1.54, 1.807) is 18.2 Å². The van der Waals surface area contributed by atoms with Crippen LogP contribution in [0.2, 0.25) is 0 Å². The average molecular weight is 251 g/mol. The van der Waals surface area contributed by atoms with E-state index in [2.05, 4.69) is 6.07 Å². The van der Waals surface area contributed by atoms with E-state index in [1.165, 1.54) is 7.11 Å². The zero-order chi connectivity index (χ0) is 13.8. The Kier molecular flexibility index (Phi) is 3.63. The molecular formula is C16H13NO2. The van der Waals surface area contributed by atoms with Crippen LogP contribution in [-0.4, -0.2) is 13.4 Å². The highest BCUT2D eigenvalue weighted by Crippen LogP contribution is 2.28. The monoisotopic (exact) mass is 251 g/mol. The van der Waals surface area contributed by atoms with Crippen LogP contribution in [0.3, 0.4) is 0 Å². The lowest BCUT2D eigenvalue weighted by atomic mass is 9.97. The third kappa shape index (κ3) is 2.48. The lowest BCUT2D eigenvalue weighted by Gasteiger charge is -2.09. The molecule has 2 rings (SSSR count). The van der Waals surface area contributed by atoms with E-state index in [9.17, 15) is 4.79 Å². The predicted octanol–water partition coefficient (Wildman–Crippen LogP) is 3.35. The smallest absolute Gasteiger partial charge is 0.153 e. The predicted molar refractivity (Wildman–Crippen MR) is 73.3 cm³/mol. The number of hydrogen-bond acceptors (Lipinski definition) is 3. The fourth-order valence-corrected chi connectivity index (χ4v) is 2.05. The minimum absolute atomic E-state index is 0.517. The van der Waals surface area contributed by atoms with Gasteiger partial charge in [-0.15, -0.1) is 0 Å². The van der Waals surface area contributed by atoms with Crippen molar-refractivity contribution in [2.45, 2.75) is 6.92 Å². The zero-order valence-electron chi connectivity index (χ0n) is 10.8. The molecular weight excluding hydrogens is 238 g/mol. The summed E-state index contributed by atoms with van der Waals surface area (Å²) in [6, 6.07) is 13.1. The third-order valence-electron chi connectivity index (χ3n) is 3.02. The molecule has 0 saturated heterocycles. The SMILES string of the molecule is COc1ccc(-c2ccc(C#N)cc2C)cc1C=O. The largest absolute Gasteiger partial charge is 0.496 e. The van der Waals surface area contributed by atoms with Crippen molar-refractivity contribution < 1.29 is 9.53 Å². The summed E-state index contributed by atoms with van der Waals surface area (Å²) in [5.41, 5.74) is 4.09. The van der Waals surface area contributed by atoms with E-state index < -0.39 is 0 Å². The van der Waals surface area contributed by atoms with Crippen LogP contribution < -0.4 is 4.74 Å². The summed E-state index contributed by atoms with van der Waals surface area (Å²) in [6.45, 7) is 1.95. The molecule has 0 atom stereocenters. The number of carbonyl (C=O) groups excluding carboxylic acids is 1. The van der Waals surface area contributed by atoms with Gasteiger partial charge in [0.15, 0.2) is 6.29 Å². The van der Waals surface area contributed by atoms with Gasteiger partial charge in [-0.2, -0.15) is 5.26 Å². The second kappa shape index (κ2) is 5.36. The normalized spacial score (nSPS) is 9.74. The summed E-state index contributed by atoms with van der Waals surface area (Å²) < 4.78 is 5.12. The molecule has 0 aromatic heterocycles. The van der Waals surface area contributed by atoms with Crippen molar-refractivity contribution in [3.8, 4) is 22.9 Å². The Bertz CT molecular complexity index is 669. The van der Waals surface area contributed by atoms with Gasteiger partial charge in [-0.05, 0) is 47.9 Å². The molecule has 0 amide bonds. The average Bonchev–Trinajstić information content (AvgIpc) is 2.46. The van der Waals surface area contributed by atoms with Gasteiger partial charge >= 0.3 is 0 Å². The summed E-state index contributed by atoms with van der Waals surface area (Å²) in [5.74, 6) is 0.560. The van der Waals surface area contributed by atoms with Crippen molar-refractivity contribution in [2.75, 3.05) is 7.11 Å². The Balaban J connectivity index is 2.54. The van der Waals surface area contributed by atoms with Crippen LogP contribution in [0.5, 0.6) is 5.75 Å². The summed E-state index contributed by atoms with van der Waals surface area (Å²) in [4.78, 5) is 11.0. The van der Waals surface area contributed by atoms with Gasteiger partial charge < -0.3 is 4.74 Å². The maximum Gasteiger partial charge on any atom is 0.153 e. The molecule has 0 bridgehead atoms. The molecule has 0 aliphatic rings. The van der Waals surface area contributed by atoms with Gasteiger partial charge in [0.2, 0.25) is 0 Å². The summed E-state index contributed by atoms with van der Waals surface area (Å²) >= 11 is 0. The van der Waals surface area contributed by atoms with E-state index in [1.807, 2.05) is 25.1 Å². The molecule has 19 heavy (non-hydrogen) atoms. The van der Waals surface area contributed by atoms with Crippen LogP contribution in [0.15, 0.2) is 36.4 Å². The first-order valence-corrected chi connectivity index (χ1v) is 5.84. The summed E-state index contributed by atoms with van der Waals surface area (Å²) in [5, 5.41) is 8.86. The molecule has 0 fully saturated rings. The van der Waals surface area contributed by atoms with Crippen LogP contribution in [0.4, 0.5) is 0 Å². The van der Waals surface area contributed by atoms with E-state index in [0.717, 1.165) is 23.0 Å². The molecule has 0 aliphatic carbocycles. The lowest BCUT2D eigenvalue weighted by molar-refractivity contribution is 0.112. The Morgan fingerprint density at radius 3 is 2.58 bits per heavy atom. The molecule has 3 heteroatoms. The molecule has 0 unspecified atom stereocenters. The fraction of sp³-hybridized carbons (Fsp3) is 0.125. The van der Waals surface area contributed by atoms with Crippen LogP contribution in [0.1, 0.15) is 21.5 Å². The van der Waals surface area contributed by atoms with Crippen LogP contribution >= 0.6 is 0 Å². The van der Waals surface area contributed by atoms with E-state index >= 15 is 0 Å². The number of aldehydes is 1. The first-order valence-electron chi connectivity index (χ1n) is 5.84. The summed E-state index contributed by atoms with van der Waals surface area (Å²) in [7, 11) is 1.54. The highest BCUT2D eigenvalue weighted by molar-refractivity contribution is 5.83. The molecule has 94 valence electrons. The van der Waals surface area contributed by atoms with Gasteiger partial charge in [-0.3, -0.25) is 4.79 Å². The molecule has 3 nitrogen and oxygen atoms in total. The maximum atomic E-state index is 11.0. The van der Waals surface area contributed by atoms with Gasteiger partial charge in [-0.25, -0.2) is 0 Å². The molecule has 2 aromatic carbocycles. The Labute approximate surface area is 112 Å². The summed E-state index contributed by atoms with van der Waals surface area (Å²) in [6.07, 6.45) is 0.779. The Morgan fingerprint density at radius 2 is 2.00 bits per heavy atom. The lowest BCUT2D eigenvalue weighted by Crippen LogP contribution is -1.92. The topological polar surface area (TPSA) is 50.1 Å².